The molecule has 0 aliphatic carbocycles. The van der Waals surface area contributed by atoms with Crippen LogP contribution in [0.5, 0.6) is 11.5 Å². The van der Waals surface area contributed by atoms with Crippen molar-refractivity contribution in [2.45, 2.75) is 20.0 Å². The summed E-state index contributed by atoms with van der Waals surface area (Å²) in [4.78, 5) is 12.4. The standard InChI is InChI=1S/C18H20BrNO3/c1-5-6-15-17(9-12(2)20(3)18(15)21)23-11-13-10-14(22-4)7-8-16(13)19/h5,7-10H,1,6,11H2,2-4H3. The number of rotatable bonds is 6. The Morgan fingerprint density at radius 3 is 2.74 bits per heavy atom. The Morgan fingerprint density at radius 1 is 1.35 bits per heavy atom. The van der Waals surface area contributed by atoms with E-state index in [1.807, 2.05) is 31.2 Å². The van der Waals surface area contributed by atoms with E-state index < -0.39 is 0 Å². The van der Waals surface area contributed by atoms with Crippen molar-refractivity contribution in [2.75, 3.05) is 7.11 Å². The number of ether oxygens (including phenoxy) is 2. The van der Waals surface area contributed by atoms with Crippen LogP contribution in [0.4, 0.5) is 0 Å². The van der Waals surface area contributed by atoms with Gasteiger partial charge in [-0.2, -0.15) is 0 Å². The molecule has 1 heterocycles. The van der Waals surface area contributed by atoms with E-state index in [-0.39, 0.29) is 5.56 Å². The molecule has 1 aromatic carbocycles. The Morgan fingerprint density at radius 2 is 2.09 bits per heavy atom. The molecule has 0 amide bonds. The Bertz CT molecular complexity index is 781. The number of nitrogens with zero attached hydrogens (tertiary/aromatic N) is 1. The molecule has 0 radical (unpaired) electrons. The lowest BCUT2D eigenvalue weighted by Gasteiger charge is -2.15. The van der Waals surface area contributed by atoms with Crippen LogP contribution >= 0.6 is 15.9 Å². The second-order valence-corrected chi connectivity index (χ2v) is 6.09. The molecule has 1 aromatic heterocycles. The molecule has 4 nitrogen and oxygen atoms in total. The third-order valence-corrected chi connectivity index (χ3v) is 4.49. The van der Waals surface area contributed by atoms with Gasteiger partial charge in [-0.15, -0.1) is 6.58 Å². The lowest BCUT2D eigenvalue weighted by molar-refractivity contribution is 0.300. The summed E-state index contributed by atoms with van der Waals surface area (Å²) >= 11 is 3.51. The number of hydrogen-bond acceptors (Lipinski definition) is 3. The Labute approximate surface area is 144 Å². The van der Waals surface area contributed by atoms with Crippen molar-refractivity contribution in [3.63, 3.8) is 0 Å². The highest BCUT2D eigenvalue weighted by Crippen LogP contribution is 2.25. The van der Waals surface area contributed by atoms with Crippen LogP contribution in [-0.2, 0) is 20.1 Å². The second kappa shape index (κ2) is 7.51. The predicted octanol–water partition coefficient (Wildman–Crippen LogP) is 3.77. The van der Waals surface area contributed by atoms with Crippen molar-refractivity contribution >= 4 is 15.9 Å². The molecule has 0 spiro atoms. The van der Waals surface area contributed by atoms with Crippen molar-refractivity contribution in [1.29, 1.82) is 0 Å². The zero-order valence-corrected chi connectivity index (χ0v) is 15.1. The Hall–Kier alpha value is -2.01. The van der Waals surface area contributed by atoms with Crippen LogP contribution in [0.3, 0.4) is 0 Å². The molecule has 0 bridgehead atoms. The molecule has 2 rings (SSSR count). The van der Waals surface area contributed by atoms with Gasteiger partial charge in [0.15, 0.2) is 0 Å². The van der Waals surface area contributed by atoms with E-state index in [9.17, 15) is 4.79 Å². The first-order valence-electron chi connectivity index (χ1n) is 7.23. The molecule has 0 fully saturated rings. The SMILES string of the molecule is C=CCc1c(OCc2cc(OC)ccc2Br)cc(C)n(C)c1=O. The highest BCUT2D eigenvalue weighted by molar-refractivity contribution is 9.10. The molecule has 0 N–H and O–H groups in total. The fraction of sp³-hybridized carbons (Fsp3) is 0.278. The third kappa shape index (κ3) is 3.85. The van der Waals surface area contributed by atoms with E-state index >= 15 is 0 Å². The topological polar surface area (TPSA) is 40.5 Å². The highest BCUT2D eigenvalue weighted by atomic mass is 79.9. The minimum Gasteiger partial charge on any atom is -0.497 e. The number of halogens is 1. The summed E-state index contributed by atoms with van der Waals surface area (Å²) in [5, 5.41) is 0. The van der Waals surface area contributed by atoms with Crippen molar-refractivity contribution in [1.82, 2.24) is 4.57 Å². The number of aryl methyl sites for hydroxylation is 1. The van der Waals surface area contributed by atoms with Crippen molar-refractivity contribution in [2.24, 2.45) is 7.05 Å². The molecule has 23 heavy (non-hydrogen) atoms. The van der Waals surface area contributed by atoms with Crippen LogP contribution in [0.15, 0.2) is 46.2 Å². The van der Waals surface area contributed by atoms with Crippen LogP contribution in [-0.4, -0.2) is 11.7 Å². The van der Waals surface area contributed by atoms with Crippen LogP contribution in [0, 0.1) is 6.92 Å². The van der Waals surface area contributed by atoms with Gasteiger partial charge in [-0.1, -0.05) is 22.0 Å². The minimum absolute atomic E-state index is 0.0513. The largest absolute Gasteiger partial charge is 0.497 e. The maximum absolute atomic E-state index is 12.4. The smallest absolute Gasteiger partial charge is 0.257 e. The maximum atomic E-state index is 12.4. The van der Waals surface area contributed by atoms with Gasteiger partial charge in [0, 0.05) is 22.8 Å². The average Bonchev–Trinajstić information content (AvgIpc) is 2.55. The Kier molecular flexibility index (Phi) is 5.66. The predicted molar refractivity (Wildman–Crippen MR) is 95.3 cm³/mol. The summed E-state index contributed by atoms with van der Waals surface area (Å²) < 4.78 is 13.7. The molecule has 0 atom stereocenters. The zero-order chi connectivity index (χ0) is 17.0. The van der Waals surface area contributed by atoms with E-state index in [1.54, 1.807) is 24.8 Å². The maximum Gasteiger partial charge on any atom is 0.257 e. The first-order chi connectivity index (χ1) is 11.0. The average molecular weight is 378 g/mol. The molecule has 0 saturated carbocycles. The summed E-state index contributed by atoms with van der Waals surface area (Å²) in [6.07, 6.45) is 2.18. The molecule has 5 heteroatoms. The van der Waals surface area contributed by atoms with Crippen molar-refractivity contribution in [3.8, 4) is 11.5 Å². The number of methoxy groups -OCH3 is 1. The molecular formula is C18H20BrNO3. The summed E-state index contributed by atoms with van der Waals surface area (Å²) in [5.41, 5.74) is 2.37. The summed E-state index contributed by atoms with van der Waals surface area (Å²) in [7, 11) is 3.38. The van der Waals surface area contributed by atoms with Gasteiger partial charge in [0.2, 0.25) is 0 Å². The van der Waals surface area contributed by atoms with Crippen molar-refractivity contribution < 1.29 is 9.47 Å². The van der Waals surface area contributed by atoms with Crippen LogP contribution in [0.2, 0.25) is 0 Å². The number of hydrogen-bond donors (Lipinski definition) is 0. The molecular weight excluding hydrogens is 358 g/mol. The van der Waals surface area contributed by atoms with Crippen LogP contribution < -0.4 is 15.0 Å². The fourth-order valence-corrected chi connectivity index (χ4v) is 2.61. The quantitative estimate of drug-likeness (QED) is 0.719. The number of aromatic nitrogens is 1. The van der Waals surface area contributed by atoms with Crippen molar-refractivity contribution in [3.05, 3.63) is 68.6 Å². The molecule has 0 saturated heterocycles. The van der Waals surface area contributed by atoms with E-state index in [0.29, 0.717) is 24.3 Å². The number of pyridine rings is 1. The summed E-state index contributed by atoms with van der Waals surface area (Å²) in [5.74, 6) is 1.36. The molecule has 0 aliphatic heterocycles. The van der Waals surface area contributed by atoms with Crippen LogP contribution in [0.1, 0.15) is 16.8 Å². The lowest BCUT2D eigenvalue weighted by Crippen LogP contribution is -2.23. The molecule has 2 aromatic rings. The third-order valence-electron chi connectivity index (χ3n) is 3.71. The second-order valence-electron chi connectivity index (χ2n) is 5.23. The van der Waals surface area contributed by atoms with Gasteiger partial charge in [-0.3, -0.25) is 4.79 Å². The van der Waals surface area contributed by atoms with Gasteiger partial charge >= 0.3 is 0 Å². The molecule has 0 unspecified atom stereocenters. The highest BCUT2D eigenvalue weighted by Gasteiger charge is 2.12. The van der Waals surface area contributed by atoms with Gasteiger partial charge in [0.25, 0.3) is 5.56 Å². The summed E-state index contributed by atoms with van der Waals surface area (Å²) in [6.45, 7) is 5.94. The zero-order valence-electron chi connectivity index (χ0n) is 13.6. The summed E-state index contributed by atoms with van der Waals surface area (Å²) in [6, 6.07) is 7.58. The van der Waals surface area contributed by atoms with Gasteiger partial charge in [0.05, 0.1) is 12.7 Å². The van der Waals surface area contributed by atoms with E-state index in [2.05, 4.69) is 22.5 Å². The van der Waals surface area contributed by atoms with Gasteiger partial charge in [-0.25, -0.2) is 0 Å². The lowest BCUT2D eigenvalue weighted by atomic mass is 10.1. The van der Waals surface area contributed by atoms with E-state index in [4.69, 9.17) is 9.47 Å². The van der Waals surface area contributed by atoms with E-state index in [0.717, 1.165) is 21.5 Å². The van der Waals surface area contributed by atoms with Gasteiger partial charge < -0.3 is 14.0 Å². The first-order valence-corrected chi connectivity index (χ1v) is 8.02. The van der Waals surface area contributed by atoms with Gasteiger partial charge in [-0.05, 0) is 37.6 Å². The van der Waals surface area contributed by atoms with Crippen LogP contribution in [0.25, 0.3) is 0 Å². The van der Waals surface area contributed by atoms with E-state index in [1.165, 1.54) is 0 Å². The number of benzene rings is 1. The normalized spacial score (nSPS) is 10.4. The first kappa shape index (κ1) is 17.3. The fourth-order valence-electron chi connectivity index (χ4n) is 2.25. The number of allylic oxidation sites excluding steroid dienone is 1. The monoisotopic (exact) mass is 377 g/mol. The molecule has 0 aliphatic rings. The Balaban J connectivity index is 2.33. The van der Waals surface area contributed by atoms with Gasteiger partial charge in [0.1, 0.15) is 18.1 Å². The minimum atomic E-state index is -0.0513. The molecule has 122 valence electrons.